The minimum Gasteiger partial charge on any atom is -0.331 e. The zero-order chi connectivity index (χ0) is 15.3. The van der Waals surface area contributed by atoms with E-state index < -0.39 is 0 Å². The summed E-state index contributed by atoms with van der Waals surface area (Å²) >= 11 is 0. The molecule has 2 aliphatic rings. The Morgan fingerprint density at radius 3 is 3.00 bits per heavy atom. The third-order valence-corrected chi connectivity index (χ3v) is 5.00. The van der Waals surface area contributed by atoms with Crippen molar-refractivity contribution in [3.63, 3.8) is 0 Å². The van der Waals surface area contributed by atoms with Crippen molar-refractivity contribution in [1.82, 2.24) is 25.0 Å². The number of aromatic nitrogens is 3. The van der Waals surface area contributed by atoms with Gasteiger partial charge in [0.25, 0.3) is 5.91 Å². The predicted molar refractivity (Wildman–Crippen MR) is 83.7 cm³/mol. The molecule has 2 saturated heterocycles. The highest BCUT2D eigenvalue weighted by molar-refractivity contribution is 5.97. The summed E-state index contributed by atoms with van der Waals surface area (Å²) in [6, 6.07) is 2.65. The first kappa shape index (κ1) is 13.7. The summed E-state index contributed by atoms with van der Waals surface area (Å²) in [6.45, 7) is 3.87. The molecule has 22 heavy (non-hydrogen) atoms. The molecule has 1 amide bonds. The first-order valence-electron chi connectivity index (χ1n) is 7.98. The van der Waals surface area contributed by atoms with Crippen LogP contribution in [0.2, 0.25) is 0 Å². The summed E-state index contributed by atoms with van der Waals surface area (Å²) in [7, 11) is 1.88. The maximum absolute atomic E-state index is 13.0. The third kappa shape index (κ3) is 2.01. The molecule has 2 atom stereocenters. The van der Waals surface area contributed by atoms with Gasteiger partial charge in [0.2, 0.25) is 0 Å². The van der Waals surface area contributed by atoms with E-state index in [1.807, 2.05) is 20.0 Å². The lowest BCUT2D eigenvalue weighted by Gasteiger charge is -2.27. The van der Waals surface area contributed by atoms with Crippen LogP contribution in [0.3, 0.4) is 0 Å². The Bertz CT molecular complexity index is 723. The van der Waals surface area contributed by atoms with Crippen LogP contribution in [0.25, 0.3) is 11.0 Å². The molecule has 2 fully saturated rings. The molecule has 6 heteroatoms. The van der Waals surface area contributed by atoms with Crippen LogP contribution in [0.5, 0.6) is 0 Å². The average Bonchev–Trinajstić information content (AvgIpc) is 2.93. The fourth-order valence-corrected chi connectivity index (χ4v) is 3.89. The molecule has 0 aromatic carbocycles. The normalized spacial score (nSPS) is 24.7. The van der Waals surface area contributed by atoms with Crippen LogP contribution in [-0.4, -0.2) is 50.7 Å². The second kappa shape index (κ2) is 5.05. The number of nitrogens with one attached hydrogen (secondary N) is 1. The van der Waals surface area contributed by atoms with Crippen molar-refractivity contribution in [3.05, 3.63) is 23.5 Å². The Morgan fingerprint density at radius 2 is 2.14 bits per heavy atom. The van der Waals surface area contributed by atoms with Gasteiger partial charge in [-0.25, -0.2) is 4.98 Å². The standard InChI is InChI=1S/C16H21N5O/c1-10-14-7-11(8-18-15(14)20(2)19-10)16(22)21-12-3-4-13(21)9-17-6-5-12/h7-8,12-13,17H,3-6,9H2,1-2H3. The maximum atomic E-state index is 13.0. The molecule has 6 nitrogen and oxygen atoms in total. The number of nitrogens with zero attached hydrogens (tertiary/aromatic N) is 4. The fourth-order valence-electron chi connectivity index (χ4n) is 3.89. The molecule has 4 heterocycles. The van der Waals surface area contributed by atoms with E-state index in [1.165, 1.54) is 0 Å². The van der Waals surface area contributed by atoms with Crippen molar-refractivity contribution in [3.8, 4) is 0 Å². The van der Waals surface area contributed by atoms with Gasteiger partial charge < -0.3 is 10.2 Å². The summed E-state index contributed by atoms with van der Waals surface area (Å²) in [5.41, 5.74) is 2.43. The molecule has 0 saturated carbocycles. The Labute approximate surface area is 129 Å². The van der Waals surface area contributed by atoms with E-state index in [0.29, 0.717) is 17.6 Å². The second-order valence-corrected chi connectivity index (χ2v) is 6.39. The number of hydrogen-bond acceptors (Lipinski definition) is 4. The smallest absolute Gasteiger partial charge is 0.255 e. The highest BCUT2D eigenvalue weighted by atomic mass is 16.2. The van der Waals surface area contributed by atoms with Crippen molar-refractivity contribution < 1.29 is 4.79 Å². The number of rotatable bonds is 1. The number of fused-ring (bicyclic) bond motifs is 3. The molecular formula is C16H21N5O. The van der Waals surface area contributed by atoms with Gasteiger partial charge >= 0.3 is 0 Å². The lowest BCUT2D eigenvalue weighted by atomic mass is 10.1. The summed E-state index contributed by atoms with van der Waals surface area (Å²) in [6.07, 6.45) is 4.97. The summed E-state index contributed by atoms with van der Waals surface area (Å²) in [5, 5.41) is 8.78. The lowest BCUT2D eigenvalue weighted by molar-refractivity contribution is 0.0680. The summed E-state index contributed by atoms with van der Waals surface area (Å²) in [4.78, 5) is 19.5. The highest BCUT2D eigenvalue weighted by Crippen LogP contribution is 2.30. The molecule has 2 bridgehead atoms. The van der Waals surface area contributed by atoms with E-state index in [0.717, 1.165) is 49.1 Å². The Hall–Kier alpha value is -1.95. The zero-order valence-electron chi connectivity index (χ0n) is 13.0. The molecule has 116 valence electrons. The molecule has 2 aromatic heterocycles. The van der Waals surface area contributed by atoms with Gasteiger partial charge in [0.1, 0.15) is 0 Å². The van der Waals surface area contributed by atoms with Gasteiger partial charge in [0.15, 0.2) is 5.65 Å². The Balaban J connectivity index is 1.72. The van der Waals surface area contributed by atoms with Crippen LogP contribution in [0.1, 0.15) is 35.3 Å². The van der Waals surface area contributed by atoms with E-state index in [2.05, 4.69) is 20.3 Å². The first-order chi connectivity index (χ1) is 10.6. The zero-order valence-corrected chi connectivity index (χ0v) is 13.0. The van der Waals surface area contributed by atoms with Crippen molar-refractivity contribution in [2.75, 3.05) is 13.1 Å². The summed E-state index contributed by atoms with van der Waals surface area (Å²) in [5.74, 6) is 0.119. The maximum Gasteiger partial charge on any atom is 0.255 e. The van der Waals surface area contributed by atoms with Crippen LogP contribution < -0.4 is 5.32 Å². The number of pyridine rings is 1. The van der Waals surface area contributed by atoms with Gasteiger partial charge in [-0.2, -0.15) is 5.10 Å². The molecular weight excluding hydrogens is 278 g/mol. The molecule has 0 radical (unpaired) electrons. The monoisotopic (exact) mass is 299 g/mol. The molecule has 2 unspecified atom stereocenters. The lowest BCUT2D eigenvalue weighted by Crippen LogP contribution is -2.42. The first-order valence-corrected chi connectivity index (χ1v) is 7.98. The van der Waals surface area contributed by atoms with Crippen molar-refractivity contribution >= 4 is 16.9 Å². The van der Waals surface area contributed by atoms with Crippen LogP contribution >= 0.6 is 0 Å². The minimum absolute atomic E-state index is 0.119. The summed E-state index contributed by atoms with van der Waals surface area (Å²) < 4.78 is 1.76. The van der Waals surface area contributed by atoms with E-state index in [1.54, 1.807) is 10.9 Å². The van der Waals surface area contributed by atoms with Crippen LogP contribution in [0.15, 0.2) is 12.3 Å². The number of carbonyl (C=O) groups is 1. The Kier molecular flexibility index (Phi) is 3.14. The van der Waals surface area contributed by atoms with Crippen molar-refractivity contribution in [2.45, 2.75) is 38.3 Å². The van der Waals surface area contributed by atoms with E-state index in [4.69, 9.17) is 0 Å². The predicted octanol–water partition coefficient (Wildman–Crippen LogP) is 1.24. The molecule has 1 N–H and O–H groups in total. The van der Waals surface area contributed by atoms with Crippen molar-refractivity contribution in [1.29, 1.82) is 0 Å². The van der Waals surface area contributed by atoms with E-state index in [9.17, 15) is 4.79 Å². The van der Waals surface area contributed by atoms with Gasteiger partial charge in [0, 0.05) is 37.3 Å². The SMILES string of the molecule is Cc1nn(C)c2ncc(C(=O)N3C4CCNCC3CC4)cc12. The van der Waals surface area contributed by atoms with Gasteiger partial charge in [0.05, 0.1) is 11.3 Å². The number of hydrogen-bond donors (Lipinski definition) is 1. The molecule has 0 spiro atoms. The second-order valence-electron chi connectivity index (χ2n) is 6.39. The fraction of sp³-hybridized carbons (Fsp3) is 0.562. The van der Waals surface area contributed by atoms with Crippen LogP contribution in [-0.2, 0) is 7.05 Å². The molecule has 2 aromatic rings. The van der Waals surface area contributed by atoms with Crippen LogP contribution in [0.4, 0.5) is 0 Å². The third-order valence-electron chi connectivity index (χ3n) is 5.00. The molecule has 2 aliphatic heterocycles. The van der Waals surface area contributed by atoms with Gasteiger partial charge in [-0.05, 0) is 38.8 Å². The van der Waals surface area contributed by atoms with Gasteiger partial charge in [-0.3, -0.25) is 9.48 Å². The average molecular weight is 299 g/mol. The molecule has 0 aliphatic carbocycles. The number of carbonyl (C=O) groups excluding carboxylic acids is 1. The van der Waals surface area contributed by atoms with Crippen LogP contribution in [0, 0.1) is 6.92 Å². The largest absolute Gasteiger partial charge is 0.331 e. The van der Waals surface area contributed by atoms with E-state index in [-0.39, 0.29) is 5.91 Å². The minimum atomic E-state index is 0.119. The highest BCUT2D eigenvalue weighted by Gasteiger charge is 2.38. The van der Waals surface area contributed by atoms with Crippen molar-refractivity contribution in [2.24, 2.45) is 7.05 Å². The number of aryl methyl sites for hydroxylation is 2. The topological polar surface area (TPSA) is 63.1 Å². The molecule has 4 rings (SSSR count). The van der Waals surface area contributed by atoms with Gasteiger partial charge in [-0.15, -0.1) is 0 Å². The quantitative estimate of drug-likeness (QED) is 0.860. The van der Waals surface area contributed by atoms with Gasteiger partial charge in [-0.1, -0.05) is 0 Å². The number of amides is 1. The Morgan fingerprint density at radius 1 is 1.32 bits per heavy atom. The van der Waals surface area contributed by atoms with E-state index >= 15 is 0 Å².